The highest BCUT2D eigenvalue weighted by Crippen LogP contribution is 2.26. The van der Waals surface area contributed by atoms with E-state index in [9.17, 15) is 4.79 Å². The molecule has 0 spiro atoms. The molecular formula is C19H30ClN3O2. The number of amides is 1. The number of ether oxygens (including phenoxy) is 1. The minimum absolute atomic E-state index is 0. The highest BCUT2D eigenvalue weighted by Gasteiger charge is 2.32. The molecule has 2 aliphatic rings. The minimum atomic E-state index is 0. The average Bonchev–Trinajstić information content (AvgIpc) is 2.92. The molecule has 2 saturated heterocycles. The van der Waals surface area contributed by atoms with Gasteiger partial charge in [0.2, 0.25) is 5.91 Å². The molecule has 25 heavy (non-hydrogen) atoms. The monoisotopic (exact) mass is 367 g/mol. The molecule has 3 rings (SSSR count). The third kappa shape index (κ3) is 5.33. The first-order valence-electron chi connectivity index (χ1n) is 8.92. The molecule has 1 amide bonds. The van der Waals surface area contributed by atoms with E-state index in [0.29, 0.717) is 18.5 Å². The Morgan fingerprint density at radius 1 is 1.24 bits per heavy atom. The summed E-state index contributed by atoms with van der Waals surface area (Å²) >= 11 is 0. The van der Waals surface area contributed by atoms with Crippen LogP contribution in [0, 0.1) is 5.41 Å². The molecule has 0 saturated carbocycles. The first-order chi connectivity index (χ1) is 11.6. The lowest BCUT2D eigenvalue weighted by Gasteiger charge is -2.30. The summed E-state index contributed by atoms with van der Waals surface area (Å²) in [5.74, 6) is 1.10. The number of hydrogen-bond acceptors (Lipinski definition) is 4. The number of carbonyl (C=O) groups excluding carboxylic acids is 1. The van der Waals surface area contributed by atoms with E-state index in [-0.39, 0.29) is 18.3 Å². The number of benzene rings is 1. The summed E-state index contributed by atoms with van der Waals surface area (Å²) in [6.07, 6.45) is 2.25. The van der Waals surface area contributed by atoms with Gasteiger partial charge >= 0.3 is 0 Å². The standard InChI is InChI=1S/C19H29N3O2.ClH/c1-19(8-9-20-14-19)15-21-10-3-11-22(18(23)13-21)12-16-4-6-17(24-2)7-5-16;/h4-7,20H,3,8-15H2,1-2H3;1H. The van der Waals surface area contributed by atoms with Crippen molar-refractivity contribution in [3.8, 4) is 5.75 Å². The zero-order valence-electron chi connectivity index (χ0n) is 15.3. The molecule has 0 aromatic heterocycles. The number of methoxy groups -OCH3 is 1. The molecule has 2 heterocycles. The third-order valence-corrected chi connectivity index (χ3v) is 5.21. The topological polar surface area (TPSA) is 44.8 Å². The second-order valence-electron chi connectivity index (χ2n) is 7.47. The molecular weight excluding hydrogens is 338 g/mol. The van der Waals surface area contributed by atoms with Crippen LogP contribution >= 0.6 is 12.4 Å². The largest absolute Gasteiger partial charge is 0.497 e. The quantitative estimate of drug-likeness (QED) is 0.866. The second-order valence-corrected chi connectivity index (χ2v) is 7.47. The van der Waals surface area contributed by atoms with Gasteiger partial charge in [0.05, 0.1) is 13.7 Å². The van der Waals surface area contributed by atoms with E-state index < -0.39 is 0 Å². The second kappa shape index (κ2) is 8.88. The summed E-state index contributed by atoms with van der Waals surface area (Å²) in [5, 5.41) is 3.45. The van der Waals surface area contributed by atoms with E-state index in [0.717, 1.165) is 50.5 Å². The summed E-state index contributed by atoms with van der Waals surface area (Å²) < 4.78 is 5.19. The maximum absolute atomic E-state index is 12.7. The number of rotatable bonds is 5. The molecule has 0 aliphatic carbocycles. The third-order valence-electron chi connectivity index (χ3n) is 5.21. The van der Waals surface area contributed by atoms with Gasteiger partial charge in [-0.1, -0.05) is 19.1 Å². The Bertz CT molecular complexity index is 558. The van der Waals surface area contributed by atoms with E-state index in [4.69, 9.17) is 4.74 Å². The van der Waals surface area contributed by atoms with Gasteiger partial charge in [-0.15, -0.1) is 12.4 Å². The van der Waals surface area contributed by atoms with Crippen LogP contribution in [0.15, 0.2) is 24.3 Å². The number of hydrogen-bond donors (Lipinski definition) is 1. The van der Waals surface area contributed by atoms with Crippen LogP contribution in [0.4, 0.5) is 0 Å². The Labute approximate surface area is 157 Å². The van der Waals surface area contributed by atoms with E-state index in [1.54, 1.807) is 7.11 Å². The van der Waals surface area contributed by atoms with Gasteiger partial charge < -0.3 is 15.0 Å². The summed E-state index contributed by atoms with van der Waals surface area (Å²) in [7, 11) is 1.67. The molecule has 1 aromatic carbocycles. The van der Waals surface area contributed by atoms with Crippen LogP contribution in [0.2, 0.25) is 0 Å². The van der Waals surface area contributed by atoms with Gasteiger partial charge in [0.15, 0.2) is 0 Å². The summed E-state index contributed by atoms with van der Waals surface area (Å²) in [6.45, 7) is 8.60. The predicted octanol–water partition coefficient (Wildman–Crippen LogP) is 2.15. The van der Waals surface area contributed by atoms with Crippen LogP contribution in [-0.2, 0) is 11.3 Å². The van der Waals surface area contributed by atoms with Crippen molar-refractivity contribution in [2.24, 2.45) is 5.41 Å². The predicted molar refractivity (Wildman–Crippen MR) is 102 cm³/mol. The lowest BCUT2D eigenvalue weighted by Crippen LogP contribution is -2.41. The first kappa shape index (κ1) is 20.0. The normalized spacial score (nSPS) is 24.7. The number of halogens is 1. The molecule has 1 unspecified atom stereocenters. The molecule has 1 aromatic rings. The van der Waals surface area contributed by atoms with E-state index in [1.165, 1.54) is 6.42 Å². The molecule has 2 aliphatic heterocycles. The Balaban J connectivity index is 0.00000225. The molecule has 0 bridgehead atoms. The van der Waals surface area contributed by atoms with Gasteiger partial charge in [0.1, 0.15) is 5.75 Å². The average molecular weight is 368 g/mol. The molecule has 140 valence electrons. The van der Waals surface area contributed by atoms with Gasteiger partial charge in [-0.25, -0.2) is 0 Å². The van der Waals surface area contributed by atoms with Crippen LogP contribution in [0.25, 0.3) is 0 Å². The van der Waals surface area contributed by atoms with Crippen LogP contribution in [-0.4, -0.2) is 62.1 Å². The number of carbonyl (C=O) groups is 1. The molecule has 6 heteroatoms. The lowest BCUT2D eigenvalue weighted by molar-refractivity contribution is -0.132. The van der Waals surface area contributed by atoms with Crippen LogP contribution in [0.3, 0.4) is 0 Å². The fourth-order valence-corrected chi connectivity index (χ4v) is 3.78. The molecule has 1 N–H and O–H groups in total. The van der Waals surface area contributed by atoms with Crippen molar-refractivity contribution in [3.63, 3.8) is 0 Å². The van der Waals surface area contributed by atoms with E-state index in [2.05, 4.69) is 17.1 Å². The van der Waals surface area contributed by atoms with Gasteiger partial charge in [-0.3, -0.25) is 9.69 Å². The number of nitrogens with one attached hydrogen (secondary N) is 1. The highest BCUT2D eigenvalue weighted by atomic mass is 35.5. The Morgan fingerprint density at radius 3 is 2.64 bits per heavy atom. The van der Waals surface area contributed by atoms with Crippen molar-refractivity contribution in [3.05, 3.63) is 29.8 Å². The fourth-order valence-electron chi connectivity index (χ4n) is 3.78. The Hall–Kier alpha value is -1.30. The van der Waals surface area contributed by atoms with Crippen molar-refractivity contribution in [2.45, 2.75) is 26.3 Å². The van der Waals surface area contributed by atoms with Crippen molar-refractivity contribution in [2.75, 3.05) is 46.4 Å². The number of nitrogens with zero attached hydrogens (tertiary/aromatic N) is 2. The smallest absolute Gasteiger partial charge is 0.237 e. The van der Waals surface area contributed by atoms with Crippen molar-refractivity contribution < 1.29 is 9.53 Å². The van der Waals surface area contributed by atoms with Gasteiger partial charge in [-0.05, 0) is 42.5 Å². The van der Waals surface area contributed by atoms with Gasteiger partial charge in [0.25, 0.3) is 0 Å². The molecule has 0 radical (unpaired) electrons. The van der Waals surface area contributed by atoms with Crippen molar-refractivity contribution >= 4 is 18.3 Å². The minimum Gasteiger partial charge on any atom is -0.497 e. The lowest BCUT2D eigenvalue weighted by atomic mass is 9.89. The molecule has 5 nitrogen and oxygen atoms in total. The van der Waals surface area contributed by atoms with Crippen LogP contribution < -0.4 is 10.1 Å². The summed E-state index contributed by atoms with van der Waals surface area (Å²) in [6, 6.07) is 8.00. The zero-order chi connectivity index (χ0) is 17.0. The van der Waals surface area contributed by atoms with E-state index in [1.807, 2.05) is 29.2 Å². The highest BCUT2D eigenvalue weighted by molar-refractivity contribution is 5.85. The fraction of sp³-hybridized carbons (Fsp3) is 0.632. The maximum Gasteiger partial charge on any atom is 0.237 e. The maximum atomic E-state index is 12.7. The summed E-state index contributed by atoms with van der Waals surface area (Å²) in [5.41, 5.74) is 1.47. The Kier molecular flexibility index (Phi) is 7.11. The summed E-state index contributed by atoms with van der Waals surface area (Å²) in [4.78, 5) is 17.0. The molecule has 2 fully saturated rings. The van der Waals surface area contributed by atoms with Crippen LogP contribution in [0.5, 0.6) is 5.75 Å². The molecule has 1 atom stereocenters. The zero-order valence-corrected chi connectivity index (χ0v) is 16.1. The SMILES string of the molecule is COc1ccc(CN2CCCN(CC3(C)CCNC3)CC2=O)cc1.Cl. The first-order valence-corrected chi connectivity index (χ1v) is 8.92. The van der Waals surface area contributed by atoms with Crippen molar-refractivity contribution in [1.29, 1.82) is 0 Å². The van der Waals surface area contributed by atoms with Gasteiger partial charge in [-0.2, -0.15) is 0 Å². The Morgan fingerprint density at radius 2 is 2.00 bits per heavy atom. The van der Waals surface area contributed by atoms with Crippen molar-refractivity contribution in [1.82, 2.24) is 15.1 Å². The van der Waals surface area contributed by atoms with E-state index >= 15 is 0 Å². The van der Waals surface area contributed by atoms with Gasteiger partial charge in [0, 0.05) is 32.7 Å². The van der Waals surface area contributed by atoms with Crippen LogP contribution in [0.1, 0.15) is 25.3 Å².